The third kappa shape index (κ3) is 3.79. The van der Waals surface area contributed by atoms with Crippen molar-refractivity contribution < 1.29 is 28.2 Å². The molecule has 0 radical (unpaired) electrons. The molecule has 4 heterocycles. The third-order valence-electron chi connectivity index (χ3n) is 9.48. The Balaban J connectivity index is 1.37. The Kier molecular flexibility index (Phi) is 5.86. The minimum Gasteiger partial charge on any atom is -0.478 e. The number of carboxylic acids is 1. The maximum Gasteiger partial charge on any atom is 0.335 e. The van der Waals surface area contributed by atoms with Gasteiger partial charge in [-0.1, -0.05) is 35.3 Å². The van der Waals surface area contributed by atoms with Crippen LogP contribution in [0, 0.1) is 23.5 Å². The lowest BCUT2D eigenvalue weighted by Gasteiger charge is -2.40. The number of nitrogens with zero attached hydrogens (tertiary/aromatic N) is 3. The summed E-state index contributed by atoms with van der Waals surface area (Å²) in [6, 6.07) is 12.0. The van der Waals surface area contributed by atoms with Gasteiger partial charge in [-0.2, -0.15) is 5.10 Å². The fourth-order valence-electron chi connectivity index (χ4n) is 7.51. The van der Waals surface area contributed by atoms with E-state index in [9.17, 15) is 19.1 Å². The molecule has 0 bridgehead atoms. The van der Waals surface area contributed by atoms with Gasteiger partial charge in [-0.3, -0.25) is 9.69 Å². The van der Waals surface area contributed by atoms with Crippen LogP contribution in [0.1, 0.15) is 40.2 Å². The van der Waals surface area contributed by atoms with E-state index in [0.29, 0.717) is 45.5 Å². The Labute approximate surface area is 254 Å². The van der Waals surface area contributed by atoms with Crippen LogP contribution in [0.5, 0.6) is 5.88 Å². The molecule has 1 saturated carbocycles. The molecule has 8 rings (SSSR count). The quantitative estimate of drug-likeness (QED) is 0.268. The minimum absolute atomic E-state index is 0.0906. The van der Waals surface area contributed by atoms with Crippen molar-refractivity contribution >= 4 is 51.7 Å². The van der Waals surface area contributed by atoms with E-state index >= 15 is 4.39 Å². The lowest BCUT2D eigenvalue weighted by atomic mass is 9.71. The molecule has 1 spiro atoms. The lowest BCUT2D eigenvalue weighted by Crippen LogP contribution is -2.53. The predicted octanol–water partition coefficient (Wildman–Crippen LogP) is 6.05. The molecule has 1 aromatic heterocycles. The van der Waals surface area contributed by atoms with Crippen molar-refractivity contribution in [1.82, 2.24) is 14.7 Å². The van der Waals surface area contributed by atoms with Gasteiger partial charge in [-0.25, -0.2) is 18.3 Å². The molecule has 12 heteroatoms. The second kappa shape index (κ2) is 9.38. The number of carboxylic acid groups (broad SMARTS) is 1. The summed E-state index contributed by atoms with van der Waals surface area (Å²) in [6.07, 6.45) is 2.03. The number of hydrogen-bond donors (Lipinski definition) is 2. The molecular formula is C31H24Cl2F2N4O4. The number of nitrogens with one attached hydrogen (secondary N) is 1. The van der Waals surface area contributed by atoms with Crippen LogP contribution in [0.3, 0.4) is 0 Å². The highest BCUT2D eigenvalue weighted by molar-refractivity contribution is 6.31. The standard InChI is InChI=1S/C31H24Cl2F2N4O4/c32-16-4-7-20-23(10-16)36-30(42)31(20)25(18-6-8-21(34)26(33)27(18)35)19-12-39-28(43-13-24(19)38(31)11-14-1-2-14)17-5-3-15(29(40)41)9-22(17)37-39/h3-10,14,19,24-25H,1-2,11-13H2,(H,36,42)(H,40,41)/t19-,24+,25+,31-/m1/s1. The minimum atomic E-state index is -1.36. The zero-order valence-corrected chi connectivity index (χ0v) is 24.0. The summed E-state index contributed by atoms with van der Waals surface area (Å²) in [6.45, 7) is 0.983. The van der Waals surface area contributed by atoms with Gasteiger partial charge >= 0.3 is 5.97 Å². The maximum atomic E-state index is 16.1. The van der Waals surface area contributed by atoms with Gasteiger partial charge in [0.1, 0.15) is 28.8 Å². The molecule has 4 aliphatic rings. The zero-order chi connectivity index (χ0) is 29.8. The summed E-state index contributed by atoms with van der Waals surface area (Å²) in [5.41, 5.74) is 0.517. The molecule has 1 aliphatic carbocycles. The zero-order valence-electron chi connectivity index (χ0n) is 22.5. The van der Waals surface area contributed by atoms with E-state index < -0.39 is 40.0 Å². The summed E-state index contributed by atoms with van der Waals surface area (Å²) < 4.78 is 38.7. The van der Waals surface area contributed by atoms with E-state index in [1.54, 1.807) is 28.9 Å². The number of hydrogen-bond acceptors (Lipinski definition) is 5. The van der Waals surface area contributed by atoms with Crippen molar-refractivity contribution in [2.75, 3.05) is 18.5 Å². The molecule has 2 fully saturated rings. The molecule has 1 saturated heterocycles. The summed E-state index contributed by atoms with van der Waals surface area (Å²) in [4.78, 5) is 28.2. The predicted molar refractivity (Wildman–Crippen MR) is 155 cm³/mol. The van der Waals surface area contributed by atoms with Gasteiger partial charge < -0.3 is 15.2 Å². The Morgan fingerprint density at radius 3 is 2.72 bits per heavy atom. The molecule has 8 nitrogen and oxygen atoms in total. The Bertz CT molecular complexity index is 1880. The maximum absolute atomic E-state index is 16.1. The summed E-state index contributed by atoms with van der Waals surface area (Å²) in [5.74, 6) is -3.60. The highest BCUT2D eigenvalue weighted by Gasteiger charge is 2.68. The molecular weight excluding hydrogens is 601 g/mol. The molecule has 220 valence electrons. The van der Waals surface area contributed by atoms with Gasteiger partial charge in [0.15, 0.2) is 0 Å². The van der Waals surface area contributed by atoms with Crippen molar-refractivity contribution in [1.29, 1.82) is 0 Å². The Morgan fingerprint density at radius 1 is 1.14 bits per heavy atom. The number of rotatable bonds is 4. The number of aromatic carboxylic acids is 1. The van der Waals surface area contributed by atoms with Gasteiger partial charge in [0.05, 0.1) is 22.5 Å². The molecule has 0 unspecified atom stereocenters. The first-order chi connectivity index (χ1) is 20.7. The van der Waals surface area contributed by atoms with E-state index in [4.69, 9.17) is 33.0 Å². The number of likely N-dealkylation sites (tertiary alicyclic amines) is 1. The number of carbonyl (C=O) groups excluding carboxylic acids is 1. The molecule has 3 aliphatic heterocycles. The van der Waals surface area contributed by atoms with Crippen molar-refractivity contribution in [3.63, 3.8) is 0 Å². The third-order valence-corrected chi connectivity index (χ3v) is 10.1. The van der Waals surface area contributed by atoms with Gasteiger partial charge in [0.2, 0.25) is 11.8 Å². The van der Waals surface area contributed by atoms with E-state index in [1.807, 2.05) is 0 Å². The fourth-order valence-corrected chi connectivity index (χ4v) is 7.85. The molecule has 43 heavy (non-hydrogen) atoms. The number of anilines is 1. The van der Waals surface area contributed by atoms with Crippen LogP contribution in [0.15, 0.2) is 48.5 Å². The van der Waals surface area contributed by atoms with Gasteiger partial charge in [-0.05, 0) is 60.7 Å². The number of amides is 1. The monoisotopic (exact) mass is 624 g/mol. The molecule has 2 N–H and O–H groups in total. The highest BCUT2D eigenvalue weighted by Crippen LogP contribution is 2.61. The van der Waals surface area contributed by atoms with Crippen LogP contribution in [0.4, 0.5) is 14.5 Å². The summed E-state index contributed by atoms with van der Waals surface area (Å²) >= 11 is 12.5. The summed E-state index contributed by atoms with van der Waals surface area (Å²) in [5, 5.41) is 17.7. The van der Waals surface area contributed by atoms with E-state index in [-0.39, 0.29) is 36.2 Å². The molecule has 1 amide bonds. The largest absolute Gasteiger partial charge is 0.478 e. The summed E-state index contributed by atoms with van der Waals surface area (Å²) in [7, 11) is 0. The molecule has 4 atom stereocenters. The first kappa shape index (κ1) is 26.9. The number of benzene rings is 3. The molecule has 4 aromatic rings. The smallest absolute Gasteiger partial charge is 0.335 e. The van der Waals surface area contributed by atoms with E-state index in [1.165, 1.54) is 18.2 Å². The van der Waals surface area contributed by atoms with E-state index in [2.05, 4.69) is 10.2 Å². The van der Waals surface area contributed by atoms with Crippen molar-refractivity contribution in [2.24, 2.45) is 11.8 Å². The highest BCUT2D eigenvalue weighted by atomic mass is 35.5. The number of halogens is 4. The first-order valence-electron chi connectivity index (χ1n) is 14.1. The van der Waals surface area contributed by atoms with Crippen molar-refractivity contribution in [3.8, 4) is 5.88 Å². The second-order valence-electron chi connectivity index (χ2n) is 11.8. The van der Waals surface area contributed by atoms with Crippen LogP contribution in [-0.2, 0) is 16.9 Å². The topological polar surface area (TPSA) is 96.7 Å². The van der Waals surface area contributed by atoms with Crippen molar-refractivity contribution in [2.45, 2.75) is 36.9 Å². The lowest BCUT2D eigenvalue weighted by molar-refractivity contribution is -0.128. The number of aromatic nitrogens is 2. The molecule has 3 aromatic carbocycles. The average molecular weight is 625 g/mol. The number of fused-ring (bicyclic) bond motifs is 6. The first-order valence-corrected chi connectivity index (χ1v) is 14.8. The van der Waals surface area contributed by atoms with Crippen molar-refractivity contribution in [3.05, 3.63) is 86.9 Å². The van der Waals surface area contributed by atoms with Crippen LogP contribution in [-0.4, -0.2) is 50.9 Å². The normalized spacial score (nSPS) is 26.1. The van der Waals surface area contributed by atoms with Crippen LogP contribution < -0.4 is 10.1 Å². The number of ether oxygens (including phenoxy) is 1. The second-order valence-corrected chi connectivity index (χ2v) is 12.6. The van der Waals surface area contributed by atoms with Crippen LogP contribution >= 0.6 is 23.2 Å². The van der Waals surface area contributed by atoms with Gasteiger partial charge in [0, 0.05) is 41.2 Å². The van der Waals surface area contributed by atoms with Crippen LogP contribution in [0.25, 0.3) is 10.9 Å². The fraction of sp³-hybridized carbons (Fsp3) is 0.323. The van der Waals surface area contributed by atoms with Crippen LogP contribution in [0.2, 0.25) is 10.0 Å². The van der Waals surface area contributed by atoms with E-state index in [0.717, 1.165) is 18.9 Å². The Hall–Kier alpha value is -3.73. The Morgan fingerprint density at radius 2 is 1.95 bits per heavy atom. The SMILES string of the molecule is O=C(O)c1ccc2c3n(nc2c1)C[C@@H]1[C@H](CO3)N(CC2CC2)[C@@]2(C(=O)Nc3cc(Cl)ccc32)[C@H]1c1ccc(F)c(Cl)c1F. The number of carbonyl (C=O) groups is 2. The van der Waals surface area contributed by atoms with Gasteiger partial charge in [0.25, 0.3) is 0 Å². The van der Waals surface area contributed by atoms with Gasteiger partial charge in [-0.15, -0.1) is 0 Å². The average Bonchev–Trinajstić information content (AvgIpc) is 3.64.